The molecule has 2 bridgehead atoms. The van der Waals surface area contributed by atoms with Crippen molar-refractivity contribution in [3.8, 4) is 5.75 Å². The van der Waals surface area contributed by atoms with Crippen LogP contribution in [0.2, 0.25) is 0 Å². The molecule has 1 aliphatic heterocycles. The number of fused-ring (bicyclic) bond motifs is 5. The second kappa shape index (κ2) is 8.46. The molecule has 3 amide bonds. The first-order chi connectivity index (χ1) is 16.0. The number of likely N-dealkylation sites (tertiary alicyclic amines) is 1. The van der Waals surface area contributed by atoms with E-state index in [1.807, 2.05) is 19.1 Å². The van der Waals surface area contributed by atoms with Crippen LogP contribution in [0, 0.1) is 29.5 Å². The Hall–Kier alpha value is -3.48. The Labute approximate surface area is 191 Å². The van der Waals surface area contributed by atoms with Gasteiger partial charge >= 0.3 is 0 Å². The molecule has 33 heavy (non-hydrogen) atoms. The second-order valence-electron chi connectivity index (χ2n) is 8.83. The van der Waals surface area contributed by atoms with Gasteiger partial charge in [-0.1, -0.05) is 24.3 Å². The molecule has 7 heteroatoms. The fourth-order valence-corrected chi connectivity index (χ4v) is 5.49. The van der Waals surface area contributed by atoms with Crippen LogP contribution in [0.1, 0.15) is 31.4 Å². The fraction of sp³-hybridized carbons (Fsp3) is 0.346. The van der Waals surface area contributed by atoms with Crippen molar-refractivity contribution >= 4 is 23.4 Å². The Morgan fingerprint density at radius 1 is 1.09 bits per heavy atom. The number of allylic oxidation sites excluding steroid dienone is 2. The van der Waals surface area contributed by atoms with Crippen LogP contribution in [0.5, 0.6) is 5.75 Å². The minimum Gasteiger partial charge on any atom is -0.494 e. The Kier molecular flexibility index (Phi) is 5.48. The van der Waals surface area contributed by atoms with Crippen LogP contribution in [0.15, 0.2) is 60.7 Å². The minimum atomic E-state index is -0.867. The highest BCUT2D eigenvalue weighted by Gasteiger charge is 2.60. The lowest BCUT2D eigenvalue weighted by Crippen LogP contribution is -2.38. The number of anilines is 1. The lowest BCUT2D eigenvalue weighted by Gasteiger charge is -2.28. The third-order valence-corrected chi connectivity index (χ3v) is 6.88. The zero-order chi connectivity index (χ0) is 23.1. The van der Waals surface area contributed by atoms with Crippen LogP contribution in [-0.2, 0) is 14.4 Å². The number of hydrogen-bond donors (Lipinski definition) is 1. The summed E-state index contributed by atoms with van der Waals surface area (Å²) in [6.45, 7) is 2.43. The number of hydrogen-bond acceptors (Lipinski definition) is 4. The highest BCUT2D eigenvalue weighted by atomic mass is 19.1. The topological polar surface area (TPSA) is 75.7 Å². The van der Waals surface area contributed by atoms with Gasteiger partial charge in [0.1, 0.15) is 11.6 Å². The first-order valence-electron chi connectivity index (χ1n) is 11.3. The number of rotatable bonds is 7. The lowest BCUT2D eigenvalue weighted by molar-refractivity contribution is -0.144. The maximum atomic E-state index is 14.0. The Balaban J connectivity index is 1.39. The van der Waals surface area contributed by atoms with Crippen LogP contribution in [0.4, 0.5) is 10.1 Å². The molecule has 5 rings (SSSR count). The summed E-state index contributed by atoms with van der Waals surface area (Å²) in [7, 11) is 0. The van der Waals surface area contributed by atoms with Gasteiger partial charge in [-0.15, -0.1) is 0 Å². The van der Waals surface area contributed by atoms with E-state index in [1.165, 1.54) is 23.1 Å². The average molecular weight is 448 g/mol. The summed E-state index contributed by atoms with van der Waals surface area (Å²) in [5, 5.41) is 2.81. The Morgan fingerprint density at radius 2 is 1.76 bits per heavy atom. The molecule has 2 fully saturated rings. The summed E-state index contributed by atoms with van der Waals surface area (Å²) in [4.78, 5) is 40.9. The number of ether oxygens (including phenoxy) is 1. The van der Waals surface area contributed by atoms with Gasteiger partial charge in [-0.05, 0) is 67.1 Å². The number of carbonyl (C=O) groups is 3. The van der Waals surface area contributed by atoms with Crippen molar-refractivity contribution in [2.75, 3.05) is 11.9 Å². The Morgan fingerprint density at radius 3 is 2.36 bits per heavy atom. The maximum Gasteiger partial charge on any atom is 0.234 e. The molecular weight excluding hydrogens is 423 g/mol. The number of halogens is 1. The van der Waals surface area contributed by atoms with Crippen LogP contribution < -0.4 is 10.1 Å². The van der Waals surface area contributed by atoms with Crippen molar-refractivity contribution in [2.24, 2.45) is 23.7 Å². The summed E-state index contributed by atoms with van der Waals surface area (Å²) in [6, 6.07) is 11.8. The van der Waals surface area contributed by atoms with Gasteiger partial charge in [-0.2, -0.15) is 0 Å². The fourth-order valence-electron chi connectivity index (χ4n) is 5.49. The molecule has 5 atom stereocenters. The molecule has 1 N–H and O–H groups in total. The monoisotopic (exact) mass is 448 g/mol. The summed E-state index contributed by atoms with van der Waals surface area (Å²) in [5.41, 5.74) is 0.999. The molecule has 1 heterocycles. The predicted octanol–water partition coefficient (Wildman–Crippen LogP) is 4.10. The van der Waals surface area contributed by atoms with Crippen molar-refractivity contribution in [2.45, 2.75) is 25.8 Å². The highest BCUT2D eigenvalue weighted by Crippen LogP contribution is 2.54. The van der Waals surface area contributed by atoms with Crippen molar-refractivity contribution in [1.82, 2.24) is 4.90 Å². The van der Waals surface area contributed by atoms with Crippen LogP contribution >= 0.6 is 0 Å². The number of imide groups is 1. The van der Waals surface area contributed by atoms with Gasteiger partial charge in [0.2, 0.25) is 17.7 Å². The van der Waals surface area contributed by atoms with Crippen LogP contribution in [-0.4, -0.2) is 29.2 Å². The summed E-state index contributed by atoms with van der Waals surface area (Å²) in [6.07, 6.45) is 4.71. The van der Waals surface area contributed by atoms with Gasteiger partial charge in [-0.25, -0.2) is 4.39 Å². The minimum absolute atomic E-state index is 0.0623. The number of nitrogens with zero attached hydrogens (tertiary/aromatic N) is 1. The molecule has 2 aromatic rings. The molecule has 3 aliphatic rings. The summed E-state index contributed by atoms with van der Waals surface area (Å²) < 4.78 is 19.5. The molecule has 0 spiro atoms. The smallest absolute Gasteiger partial charge is 0.234 e. The molecule has 1 saturated heterocycles. The first kappa shape index (κ1) is 21.4. The van der Waals surface area contributed by atoms with Crippen molar-refractivity contribution in [1.29, 1.82) is 0 Å². The van der Waals surface area contributed by atoms with Crippen LogP contribution in [0.25, 0.3) is 0 Å². The van der Waals surface area contributed by atoms with Gasteiger partial charge in [0.15, 0.2) is 0 Å². The zero-order valence-electron chi connectivity index (χ0n) is 18.2. The van der Waals surface area contributed by atoms with Gasteiger partial charge in [0, 0.05) is 5.69 Å². The molecule has 5 unspecified atom stereocenters. The van der Waals surface area contributed by atoms with Gasteiger partial charge in [0.25, 0.3) is 0 Å². The molecule has 2 aromatic carbocycles. The van der Waals surface area contributed by atoms with E-state index in [0.29, 0.717) is 23.6 Å². The van der Waals surface area contributed by atoms with E-state index in [1.54, 1.807) is 30.3 Å². The number of amides is 3. The van der Waals surface area contributed by atoms with Crippen molar-refractivity contribution in [3.63, 3.8) is 0 Å². The molecule has 1 saturated carbocycles. The third-order valence-electron chi connectivity index (χ3n) is 6.88. The van der Waals surface area contributed by atoms with E-state index in [-0.39, 0.29) is 47.8 Å². The number of benzene rings is 2. The maximum absolute atomic E-state index is 14.0. The van der Waals surface area contributed by atoms with Crippen LogP contribution in [0.3, 0.4) is 0 Å². The highest BCUT2D eigenvalue weighted by molar-refractivity contribution is 6.07. The summed E-state index contributed by atoms with van der Waals surface area (Å²) in [5.74, 6) is -1.31. The molecule has 6 nitrogen and oxygen atoms in total. The predicted molar refractivity (Wildman–Crippen MR) is 120 cm³/mol. The van der Waals surface area contributed by atoms with Crippen molar-refractivity contribution in [3.05, 3.63) is 72.1 Å². The molecule has 0 radical (unpaired) electrons. The third kappa shape index (κ3) is 3.81. The van der Waals surface area contributed by atoms with Gasteiger partial charge in [-0.3, -0.25) is 19.3 Å². The Bertz CT molecular complexity index is 1100. The number of carbonyl (C=O) groups excluding carboxylic acids is 3. The van der Waals surface area contributed by atoms with E-state index >= 15 is 0 Å². The first-order valence-corrected chi connectivity index (χ1v) is 11.3. The largest absolute Gasteiger partial charge is 0.494 e. The van der Waals surface area contributed by atoms with Gasteiger partial charge < -0.3 is 10.1 Å². The van der Waals surface area contributed by atoms with Crippen molar-refractivity contribution < 1.29 is 23.5 Å². The lowest BCUT2D eigenvalue weighted by atomic mass is 9.85. The van der Waals surface area contributed by atoms with E-state index in [9.17, 15) is 18.8 Å². The molecule has 0 aromatic heterocycles. The summed E-state index contributed by atoms with van der Waals surface area (Å²) >= 11 is 0. The van der Waals surface area contributed by atoms with E-state index in [2.05, 4.69) is 5.32 Å². The van der Waals surface area contributed by atoms with E-state index in [0.717, 1.165) is 6.42 Å². The zero-order valence-corrected chi connectivity index (χ0v) is 18.2. The number of nitrogens with one attached hydrogen (secondary N) is 1. The second-order valence-corrected chi connectivity index (χ2v) is 8.83. The molecule has 2 aliphatic carbocycles. The van der Waals surface area contributed by atoms with Gasteiger partial charge in [0.05, 0.1) is 30.9 Å². The van der Waals surface area contributed by atoms with E-state index < -0.39 is 11.9 Å². The van der Waals surface area contributed by atoms with E-state index in [4.69, 9.17) is 4.74 Å². The SMILES string of the molecule is CCOc1ccc(NC(=O)CC(c2cccc(F)c2)N2C(=O)C3C4C=CC(C4)C3C2=O)cc1. The molecular formula is C26H25FN2O4. The quantitative estimate of drug-likeness (QED) is 0.511. The normalized spacial score (nSPS) is 25.9. The average Bonchev–Trinajstić information content (AvgIpc) is 3.48. The molecule has 170 valence electrons. The standard InChI is InChI=1S/C26H25FN2O4/c1-2-33-20-10-8-19(9-11-20)28-22(30)14-21(15-4-3-5-18(27)13-15)29-25(31)23-16-6-7-17(12-16)24(23)26(29)32/h3-11,13,16-17,21,23-24H,2,12,14H2,1H3,(H,28,30).